The normalized spacial score (nSPS) is 11.6. The molecule has 0 atom stereocenters. The Hall–Kier alpha value is 0.250. The van der Waals surface area contributed by atoms with Crippen molar-refractivity contribution in [2.75, 3.05) is 26.2 Å². The SMILES string of the molecule is CCCCCCCCCC[N+](CCCCCC)(CCCCCC)CCCCCCCCCC.[Cl-]. The molecule has 0 radical (unpaired) electrons. The molecule has 0 rings (SSSR count). The fourth-order valence-corrected chi connectivity index (χ4v) is 5.58. The molecule has 1 nitrogen and oxygen atoms in total. The van der Waals surface area contributed by atoms with E-state index in [1.165, 1.54) is 185 Å². The zero-order chi connectivity index (χ0) is 24.3. The molecule has 0 amide bonds. The summed E-state index contributed by atoms with van der Waals surface area (Å²) in [6.07, 6.45) is 34.8. The lowest BCUT2D eigenvalue weighted by Gasteiger charge is -2.39. The standard InChI is InChI=1S/C32H68N.ClH/c1-5-9-13-17-19-21-23-27-31-33(29-25-15-11-7-3,30-26-16-12-8-4)32-28-24-22-20-18-14-10-6-2;/h5-32H2,1-4H3;1H/q+1;/p-1. The number of nitrogens with zero attached hydrogens (tertiary/aromatic N) is 1. The molecule has 0 N–H and O–H groups in total. The molecule has 0 aromatic heterocycles. The van der Waals surface area contributed by atoms with Crippen LogP contribution in [0.15, 0.2) is 0 Å². The highest BCUT2D eigenvalue weighted by Gasteiger charge is 2.25. The Morgan fingerprint density at radius 2 is 0.441 bits per heavy atom. The highest BCUT2D eigenvalue weighted by Crippen LogP contribution is 2.20. The van der Waals surface area contributed by atoms with Crippen LogP contribution in [0.4, 0.5) is 0 Å². The number of hydrogen-bond donors (Lipinski definition) is 0. The van der Waals surface area contributed by atoms with Crippen molar-refractivity contribution in [3.63, 3.8) is 0 Å². The van der Waals surface area contributed by atoms with Gasteiger partial charge < -0.3 is 16.9 Å². The van der Waals surface area contributed by atoms with Crippen LogP contribution in [0.3, 0.4) is 0 Å². The van der Waals surface area contributed by atoms with Gasteiger partial charge in [-0.05, 0) is 51.4 Å². The van der Waals surface area contributed by atoms with E-state index in [1.807, 2.05) is 0 Å². The predicted molar refractivity (Wildman–Crippen MR) is 153 cm³/mol. The highest BCUT2D eigenvalue weighted by atomic mass is 35.5. The molecule has 0 unspecified atom stereocenters. The summed E-state index contributed by atoms with van der Waals surface area (Å²) in [4.78, 5) is 0. The Morgan fingerprint density at radius 1 is 0.265 bits per heavy atom. The summed E-state index contributed by atoms with van der Waals surface area (Å²) < 4.78 is 1.47. The maximum absolute atomic E-state index is 2.36. The predicted octanol–water partition coefficient (Wildman–Crippen LogP) is 8.25. The van der Waals surface area contributed by atoms with Crippen LogP contribution in [-0.4, -0.2) is 30.7 Å². The first-order valence-corrected chi connectivity index (χ1v) is 16.1. The monoisotopic (exact) mass is 502 g/mol. The third-order valence-corrected chi connectivity index (χ3v) is 7.94. The van der Waals surface area contributed by atoms with E-state index in [9.17, 15) is 0 Å². The van der Waals surface area contributed by atoms with Crippen molar-refractivity contribution in [1.29, 1.82) is 0 Å². The fourth-order valence-electron chi connectivity index (χ4n) is 5.58. The Bertz CT molecular complexity index is 323. The van der Waals surface area contributed by atoms with Crippen LogP contribution in [-0.2, 0) is 0 Å². The molecule has 0 fully saturated rings. The number of halogens is 1. The maximum atomic E-state index is 2.36. The minimum atomic E-state index is 0. The summed E-state index contributed by atoms with van der Waals surface area (Å²) in [5, 5.41) is 0. The van der Waals surface area contributed by atoms with Gasteiger partial charge in [0.15, 0.2) is 0 Å². The first-order chi connectivity index (χ1) is 16.2. The molecule has 0 aliphatic rings. The van der Waals surface area contributed by atoms with Crippen LogP contribution in [0.1, 0.15) is 182 Å². The topological polar surface area (TPSA) is 0 Å². The van der Waals surface area contributed by atoms with Gasteiger partial charge in [-0.3, -0.25) is 0 Å². The maximum Gasteiger partial charge on any atom is 0.0786 e. The molecule has 0 bridgehead atoms. The summed E-state index contributed by atoms with van der Waals surface area (Å²) in [5.41, 5.74) is 0. The van der Waals surface area contributed by atoms with Crippen molar-refractivity contribution < 1.29 is 16.9 Å². The van der Waals surface area contributed by atoms with Gasteiger partial charge in [-0.1, -0.05) is 130 Å². The van der Waals surface area contributed by atoms with E-state index in [4.69, 9.17) is 0 Å². The minimum Gasteiger partial charge on any atom is -1.00 e. The molecular weight excluding hydrogens is 434 g/mol. The third-order valence-electron chi connectivity index (χ3n) is 7.94. The van der Waals surface area contributed by atoms with Crippen molar-refractivity contribution in [3.8, 4) is 0 Å². The van der Waals surface area contributed by atoms with Gasteiger partial charge in [-0.15, -0.1) is 0 Å². The van der Waals surface area contributed by atoms with E-state index >= 15 is 0 Å². The molecule has 0 spiro atoms. The molecule has 0 heterocycles. The minimum absolute atomic E-state index is 0. The average molecular weight is 502 g/mol. The first-order valence-electron chi connectivity index (χ1n) is 16.1. The zero-order valence-electron chi connectivity index (χ0n) is 24.6. The van der Waals surface area contributed by atoms with Crippen molar-refractivity contribution in [2.24, 2.45) is 0 Å². The van der Waals surface area contributed by atoms with Gasteiger partial charge in [-0.25, -0.2) is 0 Å². The smallest absolute Gasteiger partial charge is 0.0786 e. The van der Waals surface area contributed by atoms with E-state index in [0.29, 0.717) is 0 Å². The Kier molecular flexibility index (Phi) is 31.6. The molecule has 0 saturated heterocycles. The third kappa shape index (κ3) is 24.0. The number of rotatable bonds is 28. The summed E-state index contributed by atoms with van der Waals surface area (Å²) in [7, 11) is 0. The molecule has 208 valence electrons. The number of unbranched alkanes of at least 4 members (excludes halogenated alkanes) is 20. The zero-order valence-corrected chi connectivity index (χ0v) is 25.4. The van der Waals surface area contributed by atoms with Crippen LogP contribution in [0, 0.1) is 0 Å². The quantitative estimate of drug-likeness (QED) is 0.0747. The highest BCUT2D eigenvalue weighted by molar-refractivity contribution is 4.54. The van der Waals surface area contributed by atoms with Crippen molar-refractivity contribution >= 4 is 0 Å². The van der Waals surface area contributed by atoms with Crippen molar-refractivity contribution in [2.45, 2.75) is 182 Å². The molecule has 2 heteroatoms. The Morgan fingerprint density at radius 3 is 0.676 bits per heavy atom. The summed E-state index contributed by atoms with van der Waals surface area (Å²) >= 11 is 0. The van der Waals surface area contributed by atoms with Crippen molar-refractivity contribution in [1.82, 2.24) is 0 Å². The van der Waals surface area contributed by atoms with Crippen LogP contribution in [0.2, 0.25) is 0 Å². The van der Waals surface area contributed by atoms with Gasteiger partial charge in [0.05, 0.1) is 26.2 Å². The molecule has 0 aromatic carbocycles. The van der Waals surface area contributed by atoms with Crippen LogP contribution >= 0.6 is 0 Å². The Balaban J connectivity index is 0. The number of quaternary nitrogens is 1. The molecule has 0 aliphatic carbocycles. The van der Waals surface area contributed by atoms with E-state index in [1.54, 1.807) is 0 Å². The molecule has 0 aliphatic heterocycles. The summed E-state index contributed by atoms with van der Waals surface area (Å²) in [6, 6.07) is 0. The van der Waals surface area contributed by atoms with Gasteiger partial charge in [0.1, 0.15) is 0 Å². The lowest BCUT2D eigenvalue weighted by molar-refractivity contribution is -0.929. The Labute approximate surface area is 224 Å². The van der Waals surface area contributed by atoms with E-state index in [2.05, 4.69) is 27.7 Å². The molecule has 0 aromatic rings. The van der Waals surface area contributed by atoms with Crippen LogP contribution in [0.5, 0.6) is 0 Å². The average Bonchev–Trinajstić information content (AvgIpc) is 2.83. The molecule has 0 saturated carbocycles. The van der Waals surface area contributed by atoms with E-state index in [-0.39, 0.29) is 12.4 Å². The second-order valence-electron chi connectivity index (χ2n) is 11.3. The first kappa shape index (κ1) is 36.4. The number of hydrogen-bond acceptors (Lipinski definition) is 0. The second kappa shape index (κ2) is 29.5. The van der Waals surface area contributed by atoms with Crippen LogP contribution < -0.4 is 12.4 Å². The molecule has 34 heavy (non-hydrogen) atoms. The van der Waals surface area contributed by atoms with Crippen molar-refractivity contribution in [3.05, 3.63) is 0 Å². The summed E-state index contributed by atoms with van der Waals surface area (Å²) in [6.45, 7) is 15.3. The van der Waals surface area contributed by atoms with Gasteiger partial charge in [0.25, 0.3) is 0 Å². The van der Waals surface area contributed by atoms with Gasteiger partial charge in [0.2, 0.25) is 0 Å². The lowest BCUT2D eigenvalue weighted by Crippen LogP contribution is -3.00. The lowest BCUT2D eigenvalue weighted by atomic mass is 10.0. The van der Waals surface area contributed by atoms with Gasteiger partial charge in [-0.2, -0.15) is 0 Å². The van der Waals surface area contributed by atoms with E-state index < -0.39 is 0 Å². The summed E-state index contributed by atoms with van der Waals surface area (Å²) in [5.74, 6) is 0. The second-order valence-corrected chi connectivity index (χ2v) is 11.3. The molecular formula is C32H68ClN. The largest absolute Gasteiger partial charge is 1.00 e. The van der Waals surface area contributed by atoms with Gasteiger partial charge in [0, 0.05) is 0 Å². The fraction of sp³-hybridized carbons (Fsp3) is 1.00. The van der Waals surface area contributed by atoms with E-state index in [0.717, 1.165) is 0 Å². The van der Waals surface area contributed by atoms with Crippen LogP contribution in [0.25, 0.3) is 0 Å². The van der Waals surface area contributed by atoms with Gasteiger partial charge >= 0.3 is 0 Å².